The number of hydrogen-bond donors (Lipinski definition) is 4. The summed E-state index contributed by atoms with van der Waals surface area (Å²) in [6.07, 6.45) is 6.60. The Morgan fingerprint density at radius 1 is 1.10 bits per heavy atom. The molecule has 1 heterocycles. The molecular formula is C31H42N4O4. The molecule has 2 amide bonds. The second kappa shape index (κ2) is 12.6. The molecule has 2 aromatic carbocycles. The molecule has 4 N–H and O–H groups in total. The van der Waals surface area contributed by atoms with Gasteiger partial charge < -0.3 is 20.5 Å². The highest BCUT2D eigenvalue weighted by Gasteiger charge is 2.40. The van der Waals surface area contributed by atoms with E-state index >= 15 is 0 Å². The second-order valence-electron chi connectivity index (χ2n) is 11.2. The number of nitrogens with one attached hydrogen (secondary N) is 3. The van der Waals surface area contributed by atoms with Crippen LogP contribution in [0.4, 0.5) is 4.79 Å². The number of H-pyrrole nitrogens is 1. The zero-order chi connectivity index (χ0) is 26.5. The Morgan fingerprint density at radius 2 is 1.87 bits per heavy atom. The normalized spacial score (nSPS) is 22.7. The van der Waals surface area contributed by atoms with Crippen molar-refractivity contribution in [2.24, 2.45) is 11.8 Å². The maximum Gasteiger partial charge on any atom is 0.408 e. The van der Waals surface area contributed by atoms with Gasteiger partial charge in [0.2, 0.25) is 5.91 Å². The van der Waals surface area contributed by atoms with Gasteiger partial charge in [0.25, 0.3) is 0 Å². The Labute approximate surface area is 230 Å². The molecule has 8 heteroatoms. The summed E-state index contributed by atoms with van der Waals surface area (Å²) in [5.41, 5.74) is 1.21. The van der Waals surface area contributed by atoms with Gasteiger partial charge in [-0.05, 0) is 62.5 Å². The largest absolute Gasteiger partial charge is 0.446 e. The summed E-state index contributed by atoms with van der Waals surface area (Å²) in [5, 5.41) is 24.2. The Kier molecular flexibility index (Phi) is 9.28. The van der Waals surface area contributed by atoms with Crippen LogP contribution in [0.25, 0.3) is 10.9 Å². The van der Waals surface area contributed by atoms with Crippen molar-refractivity contribution in [3.8, 4) is 0 Å². The van der Waals surface area contributed by atoms with Crippen LogP contribution in [0.15, 0.2) is 54.6 Å². The summed E-state index contributed by atoms with van der Waals surface area (Å²) in [6, 6.07) is 16.9. The van der Waals surface area contributed by atoms with E-state index in [1.807, 2.05) is 54.6 Å². The standard InChI is InChI=1S/C30H38N4O4.CH4/c1-30(18-26-24-12-5-6-13-25(24)33-34-26,28(36)31-23(19-35)17-20-8-3-2-4-9-20)32-29(37)38-27-15-14-21-10-7-11-22(27)16-21;/h2-6,8-9,12-13,21-23,27,35H,7,10-11,14-19H2,1H3,(H,31,36)(H,32,37)(H,33,34);1H4. The maximum atomic E-state index is 13.8. The first-order valence-corrected chi connectivity index (χ1v) is 13.8. The molecule has 2 aliphatic carbocycles. The molecule has 1 aromatic heterocycles. The number of para-hydroxylation sites is 1. The van der Waals surface area contributed by atoms with E-state index in [0.29, 0.717) is 12.3 Å². The molecule has 2 bridgehead atoms. The van der Waals surface area contributed by atoms with Crippen LogP contribution in [0.3, 0.4) is 0 Å². The highest BCUT2D eigenvalue weighted by molar-refractivity contribution is 5.91. The van der Waals surface area contributed by atoms with Crippen molar-refractivity contribution in [2.45, 2.75) is 83.4 Å². The van der Waals surface area contributed by atoms with Crippen LogP contribution < -0.4 is 10.6 Å². The summed E-state index contributed by atoms with van der Waals surface area (Å²) >= 11 is 0. The van der Waals surface area contributed by atoms with Crippen molar-refractivity contribution >= 4 is 22.9 Å². The molecule has 3 aromatic rings. The van der Waals surface area contributed by atoms with Gasteiger partial charge in [-0.25, -0.2) is 4.79 Å². The lowest BCUT2D eigenvalue weighted by atomic mass is 9.71. The number of aromatic amines is 1. The summed E-state index contributed by atoms with van der Waals surface area (Å²) in [4.78, 5) is 27.0. The molecule has 0 radical (unpaired) electrons. The van der Waals surface area contributed by atoms with Gasteiger partial charge in [0.05, 0.1) is 18.2 Å². The molecule has 0 saturated heterocycles. The number of alkyl carbamates (subject to hydrolysis) is 1. The first-order valence-electron chi connectivity index (χ1n) is 13.8. The van der Waals surface area contributed by atoms with E-state index in [-0.39, 0.29) is 32.5 Å². The summed E-state index contributed by atoms with van der Waals surface area (Å²) < 4.78 is 5.95. The van der Waals surface area contributed by atoms with Crippen LogP contribution in [-0.2, 0) is 22.4 Å². The fraction of sp³-hybridized carbons (Fsp3) is 0.516. The Balaban J connectivity index is 0.00000353. The fourth-order valence-electron chi connectivity index (χ4n) is 6.20. The number of aliphatic hydroxyl groups excluding tert-OH is 1. The number of aromatic nitrogens is 2. The second-order valence-corrected chi connectivity index (χ2v) is 11.2. The van der Waals surface area contributed by atoms with Gasteiger partial charge in [0, 0.05) is 17.5 Å². The third-order valence-electron chi connectivity index (χ3n) is 8.30. The zero-order valence-corrected chi connectivity index (χ0v) is 22.0. The molecule has 5 atom stereocenters. The number of fused-ring (bicyclic) bond motifs is 3. The highest BCUT2D eigenvalue weighted by atomic mass is 16.6. The van der Waals surface area contributed by atoms with E-state index in [2.05, 4.69) is 20.8 Å². The predicted molar refractivity (Wildman–Crippen MR) is 152 cm³/mol. The Morgan fingerprint density at radius 3 is 2.67 bits per heavy atom. The third kappa shape index (κ3) is 6.79. The number of hydrogen-bond acceptors (Lipinski definition) is 5. The number of aliphatic hydroxyl groups is 1. The third-order valence-corrected chi connectivity index (χ3v) is 8.30. The number of carbonyl (C=O) groups excluding carboxylic acids is 2. The first kappa shape index (κ1) is 28.6. The summed E-state index contributed by atoms with van der Waals surface area (Å²) in [5.74, 6) is 0.764. The van der Waals surface area contributed by atoms with E-state index in [1.54, 1.807) is 6.92 Å². The van der Waals surface area contributed by atoms with Crippen molar-refractivity contribution in [1.29, 1.82) is 0 Å². The molecule has 210 valence electrons. The molecule has 8 nitrogen and oxygen atoms in total. The van der Waals surface area contributed by atoms with Crippen molar-refractivity contribution < 1.29 is 19.4 Å². The maximum absolute atomic E-state index is 13.8. The van der Waals surface area contributed by atoms with Gasteiger partial charge in [-0.2, -0.15) is 5.10 Å². The smallest absolute Gasteiger partial charge is 0.408 e. The van der Waals surface area contributed by atoms with Gasteiger partial charge >= 0.3 is 6.09 Å². The van der Waals surface area contributed by atoms with E-state index in [1.165, 1.54) is 12.8 Å². The van der Waals surface area contributed by atoms with E-state index in [9.17, 15) is 14.7 Å². The Bertz CT molecular complexity index is 1250. The number of carbonyl (C=O) groups is 2. The van der Waals surface area contributed by atoms with Crippen LogP contribution in [0.1, 0.15) is 64.1 Å². The van der Waals surface area contributed by atoms with E-state index in [0.717, 1.165) is 53.8 Å². The van der Waals surface area contributed by atoms with Crippen LogP contribution in [0, 0.1) is 11.8 Å². The average Bonchev–Trinajstić information content (AvgIpc) is 3.33. The van der Waals surface area contributed by atoms with Crippen molar-refractivity contribution in [1.82, 2.24) is 20.8 Å². The summed E-state index contributed by atoms with van der Waals surface area (Å²) in [7, 11) is 0. The van der Waals surface area contributed by atoms with Gasteiger partial charge in [0.1, 0.15) is 11.6 Å². The lowest BCUT2D eigenvalue weighted by Gasteiger charge is -2.40. The summed E-state index contributed by atoms with van der Waals surface area (Å²) in [6.45, 7) is 1.48. The van der Waals surface area contributed by atoms with Crippen LogP contribution in [0.2, 0.25) is 0 Å². The minimum Gasteiger partial charge on any atom is -0.446 e. The van der Waals surface area contributed by atoms with Crippen molar-refractivity contribution in [3.63, 3.8) is 0 Å². The molecule has 0 aliphatic heterocycles. The quantitative estimate of drug-likeness (QED) is 0.311. The molecular weight excluding hydrogens is 492 g/mol. The van der Waals surface area contributed by atoms with Gasteiger partial charge in [-0.3, -0.25) is 9.89 Å². The number of benzene rings is 2. The zero-order valence-electron chi connectivity index (χ0n) is 22.0. The van der Waals surface area contributed by atoms with E-state index in [4.69, 9.17) is 4.74 Å². The molecule has 39 heavy (non-hydrogen) atoms. The van der Waals surface area contributed by atoms with Crippen LogP contribution in [0.5, 0.6) is 0 Å². The molecule has 5 unspecified atom stereocenters. The highest BCUT2D eigenvalue weighted by Crippen LogP contribution is 2.41. The molecule has 2 fully saturated rings. The van der Waals surface area contributed by atoms with Crippen LogP contribution >= 0.6 is 0 Å². The molecule has 2 saturated carbocycles. The average molecular weight is 535 g/mol. The van der Waals surface area contributed by atoms with Crippen molar-refractivity contribution in [3.05, 3.63) is 65.9 Å². The van der Waals surface area contributed by atoms with Gasteiger partial charge in [0.15, 0.2) is 0 Å². The van der Waals surface area contributed by atoms with Crippen LogP contribution in [-0.4, -0.2) is 51.6 Å². The lowest BCUT2D eigenvalue weighted by molar-refractivity contribution is -0.128. The van der Waals surface area contributed by atoms with E-state index < -0.39 is 17.7 Å². The SMILES string of the molecule is C.CC(Cc1[nH]nc2ccccc12)(NC(=O)OC1CCC2CCCC1C2)C(=O)NC(CO)Cc1ccccc1. The minimum absolute atomic E-state index is 0. The molecule has 2 aliphatic rings. The topological polar surface area (TPSA) is 116 Å². The lowest BCUT2D eigenvalue weighted by Crippen LogP contribution is -2.61. The number of rotatable bonds is 9. The molecule has 0 spiro atoms. The predicted octanol–water partition coefficient (Wildman–Crippen LogP) is 4.92. The fourth-order valence-corrected chi connectivity index (χ4v) is 6.20. The van der Waals surface area contributed by atoms with Crippen molar-refractivity contribution in [2.75, 3.05) is 6.61 Å². The number of ether oxygens (including phenoxy) is 1. The molecule has 5 rings (SSSR count). The van der Waals surface area contributed by atoms with Gasteiger partial charge in [-0.15, -0.1) is 0 Å². The number of nitrogens with zero attached hydrogens (tertiary/aromatic N) is 1. The first-order chi connectivity index (χ1) is 18.4. The Hall–Kier alpha value is -3.39. The monoisotopic (exact) mass is 534 g/mol. The van der Waals surface area contributed by atoms with Gasteiger partial charge in [-0.1, -0.05) is 68.8 Å². The number of amides is 2. The minimum atomic E-state index is -1.33.